The Hall–Kier alpha value is -3.08. The van der Waals surface area contributed by atoms with Crippen molar-refractivity contribution in [1.82, 2.24) is 19.9 Å². The van der Waals surface area contributed by atoms with E-state index in [0.717, 1.165) is 17.7 Å². The van der Waals surface area contributed by atoms with Crippen LogP contribution in [0.25, 0.3) is 0 Å². The SMILES string of the molecule is Cc1cnc(C(=O)N(CCc2ccccc2)Cc2ccncc2)cn1. The van der Waals surface area contributed by atoms with E-state index in [1.807, 2.05) is 42.2 Å². The average molecular weight is 332 g/mol. The fourth-order valence-corrected chi connectivity index (χ4v) is 2.53. The van der Waals surface area contributed by atoms with E-state index in [0.29, 0.717) is 18.8 Å². The number of aromatic nitrogens is 3. The average Bonchev–Trinajstić information content (AvgIpc) is 2.67. The maximum Gasteiger partial charge on any atom is 0.274 e. The van der Waals surface area contributed by atoms with Crippen molar-refractivity contribution in [2.75, 3.05) is 6.54 Å². The number of pyridine rings is 1. The Labute approximate surface area is 147 Å². The molecule has 0 spiro atoms. The van der Waals surface area contributed by atoms with Crippen LogP contribution in [-0.2, 0) is 13.0 Å². The van der Waals surface area contributed by atoms with Gasteiger partial charge in [0.2, 0.25) is 0 Å². The summed E-state index contributed by atoms with van der Waals surface area (Å²) in [4.78, 5) is 27.1. The van der Waals surface area contributed by atoms with Gasteiger partial charge in [-0.15, -0.1) is 0 Å². The van der Waals surface area contributed by atoms with Crippen LogP contribution in [0.1, 0.15) is 27.3 Å². The van der Waals surface area contributed by atoms with Crippen LogP contribution < -0.4 is 0 Å². The lowest BCUT2D eigenvalue weighted by Gasteiger charge is -2.22. The van der Waals surface area contributed by atoms with E-state index < -0.39 is 0 Å². The first kappa shape index (κ1) is 16.8. The van der Waals surface area contributed by atoms with E-state index in [1.165, 1.54) is 5.56 Å². The summed E-state index contributed by atoms with van der Waals surface area (Å²) in [6, 6.07) is 14.0. The minimum Gasteiger partial charge on any atom is -0.333 e. The second kappa shape index (κ2) is 8.15. The van der Waals surface area contributed by atoms with Crippen LogP contribution >= 0.6 is 0 Å². The summed E-state index contributed by atoms with van der Waals surface area (Å²) in [5.41, 5.74) is 3.40. The summed E-state index contributed by atoms with van der Waals surface area (Å²) in [6.07, 6.45) is 7.42. The Balaban J connectivity index is 1.77. The van der Waals surface area contributed by atoms with Gasteiger partial charge in [0.15, 0.2) is 0 Å². The highest BCUT2D eigenvalue weighted by Crippen LogP contribution is 2.10. The third-order valence-corrected chi connectivity index (χ3v) is 3.92. The zero-order valence-corrected chi connectivity index (χ0v) is 14.2. The number of nitrogens with zero attached hydrogens (tertiary/aromatic N) is 4. The van der Waals surface area contributed by atoms with Crippen LogP contribution in [0.4, 0.5) is 0 Å². The molecule has 5 heteroatoms. The van der Waals surface area contributed by atoms with Crippen LogP contribution in [0.2, 0.25) is 0 Å². The number of rotatable bonds is 6. The molecule has 0 bridgehead atoms. The smallest absolute Gasteiger partial charge is 0.274 e. The number of aryl methyl sites for hydroxylation is 1. The fourth-order valence-electron chi connectivity index (χ4n) is 2.53. The van der Waals surface area contributed by atoms with Crippen molar-refractivity contribution >= 4 is 5.91 Å². The Morgan fingerprint density at radius 1 is 0.960 bits per heavy atom. The van der Waals surface area contributed by atoms with Crippen LogP contribution in [-0.4, -0.2) is 32.3 Å². The minimum atomic E-state index is -0.111. The minimum absolute atomic E-state index is 0.111. The van der Waals surface area contributed by atoms with Gasteiger partial charge >= 0.3 is 0 Å². The molecular formula is C20H20N4O. The van der Waals surface area contributed by atoms with E-state index in [9.17, 15) is 4.79 Å². The van der Waals surface area contributed by atoms with Crippen molar-refractivity contribution in [3.05, 3.63) is 89.8 Å². The first-order valence-electron chi connectivity index (χ1n) is 8.23. The highest BCUT2D eigenvalue weighted by molar-refractivity contribution is 5.92. The standard InChI is InChI=1S/C20H20N4O/c1-16-13-23-19(14-22-16)20(25)24(15-18-7-10-21-11-8-18)12-9-17-5-3-2-4-6-17/h2-8,10-11,13-14H,9,12,15H2,1H3. The quantitative estimate of drug-likeness (QED) is 0.696. The monoisotopic (exact) mass is 332 g/mol. The Bertz CT molecular complexity index is 804. The number of carbonyl (C=O) groups is 1. The lowest BCUT2D eigenvalue weighted by molar-refractivity contribution is 0.0738. The summed E-state index contributed by atoms with van der Waals surface area (Å²) in [5.74, 6) is -0.111. The number of hydrogen-bond donors (Lipinski definition) is 0. The lowest BCUT2D eigenvalue weighted by Crippen LogP contribution is -2.33. The first-order valence-corrected chi connectivity index (χ1v) is 8.23. The highest BCUT2D eigenvalue weighted by Gasteiger charge is 2.18. The van der Waals surface area contributed by atoms with Crippen molar-refractivity contribution in [2.24, 2.45) is 0 Å². The molecule has 3 rings (SSSR count). The van der Waals surface area contributed by atoms with E-state index in [-0.39, 0.29) is 5.91 Å². The zero-order chi connectivity index (χ0) is 17.5. The summed E-state index contributed by atoms with van der Waals surface area (Å²) in [7, 11) is 0. The predicted octanol–water partition coefficient (Wildman–Crippen LogP) is 3.07. The van der Waals surface area contributed by atoms with Gasteiger partial charge in [-0.05, 0) is 36.6 Å². The molecule has 0 saturated carbocycles. The molecule has 3 aromatic rings. The molecule has 0 fully saturated rings. The van der Waals surface area contributed by atoms with E-state index in [1.54, 1.807) is 24.8 Å². The molecule has 0 saturated heterocycles. The molecule has 25 heavy (non-hydrogen) atoms. The molecule has 1 amide bonds. The third kappa shape index (κ3) is 4.70. The number of hydrogen-bond acceptors (Lipinski definition) is 4. The summed E-state index contributed by atoms with van der Waals surface area (Å²) in [6.45, 7) is 2.98. The van der Waals surface area contributed by atoms with E-state index in [4.69, 9.17) is 0 Å². The van der Waals surface area contributed by atoms with Gasteiger partial charge in [0, 0.05) is 31.7 Å². The second-order valence-corrected chi connectivity index (χ2v) is 5.86. The van der Waals surface area contributed by atoms with Gasteiger partial charge in [-0.3, -0.25) is 14.8 Å². The highest BCUT2D eigenvalue weighted by atomic mass is 16.2. The number of amides is 1. The molecule has 0 atom stereocenters. The van der Waals surface area contributed by atoms with Crippen molar-refractivity contribution in [2.45, 2.75) is 19.9 Å². The van der Waals surface area contributed by atoms with Crippen molar-refractivity contribution in [1.29, 1.82) is 0 Å². The summed E-state index contributed by atoms with van der Waals surface area (Å²) >= 11 is 0. The normalized spacial score (nSPS) is 10.4. The van der Waals surface area contributed by atoms with E-state index in [2.05, 4.69) is 27.1 Å². The topological polar surface area (TPSA) is 59.0 Å². The van der Waals surface area contributed by atoms with Gasteiger partial charge in [-0.2, -0.15) is 0 Å². The maximum absolute atomic E-state index is 12.9. The van der Waals surface area contributed by atoms with Crippen LogP contribution in [0.5, 0.6) is 0 Å². The molecule has 2 aromatic heterocycles. The second-order valence-electron chi connectivity index (χ2n) is 5.86. The predicted molar refractivity (Wildman–Crippen MR) is 95.9 cm³/mol. The molecule has 0 aliphatic rings. The van der Waals surface area contributed by atoms with Crippen molar-refractivity contribution < 1.29 is 4.79 Å². The van der Waals surface area contributed by atoms with E-state index >= 15 is 0 Å². The zero-order valence-electron chi connectivity index (χ0n) is 14.2. The number of benzene rings is 1. The fraction of sp³-hybridized carbons (Fsp3) is 0.200. The third-order valence-electron chi connectivity index (χ3n) is 3.92. The molecule has 0 N–H and O–H groups in total. The molecule has 126 valence electrons. The van der Waals surface area contributed by atoms with Crippen LogP contribution in [0.15, 0.2) is 67.3 Å². The Morgan fingerprint density at radius 2 is 1.72 bits per heavy atom. The molecular weight excluding hydrogens is 312 g/mol. The van der Waals surface area contributed by atoms with Gasteiger partial charge in [0.1, 0.15) is 5.69 Å². The van der Waals surface area contributed by atoms with Gasteiger partial charge in [-0.25, -0.2) is 4.98 Å². The van der Waals surface area contributed by atoms with Crippen molar-refractivity contribution in [3.8, 4) is 0 Å². The molecule has 0 aliphatic heterocycles. The molecule has 5 nitrogen and oxygen atoms in total. The van der Waals surface area contributed by atoms with Crippen LogP contribution in [0.3, 0.4) is 0 Å². The summed E-state index contributed by atoms with van der Waals surface area (Å²) < 4.78 is 0. The van der Waals surface area contributed by atoms with Gasteiger partial charge in [-0.1, -0.05) is 30.3 Å². The van der Waals surface area contributed by atoms with Gasteiger partial charge < -0.3 is 4.90 Å². The largest absolute Gasteiger partial charge is 0.333 e. The number of carbonyl (C=O) groups excluding carboxylic acids is 1. The molecule has 0 radical (unpaired) electrons. The maximum atomic E-state index is 12.9. The van der Waals surface area contributed by atoms with Gasteiger partial charge in [0.25, 0.3) is 5.91 Å². The molecule has 0 aliphatic carbocycles. The molecule has 1 aromatic carbocycles. The summed E-state index contributed by atoms with van der Waals surface area (Å²) in [5, 5.41) is 0. The lowest BCUT2D eigenvalue weighted by atomic mass is 10.1. The Morgan fingerprint density at radius 3 is 2.40 bits per heavy atom. The van der Waals surface area contributed by atoms with Crippen LogP contribution in [0, 0.1) is 6.92 Å². The van der Waals surface area contributed by atoms with Crippen molar-refractivity contribution in [3.63, 3.8) is 0 Å². The molecule has 2 heterocycles. The first-order chi connectivity index (χ1) is 12.2. The molecule has 0 unspecified atom stereocenters. The Kier molecular flexibility index (Phi) is 5.46. The van der Waals surface area contributed by atoms with Gasteiger partial charge in [0.05, 0.1) is 11.9 Å².